The summed E-state index contributed by atoms with van der Waals surface area (Å²) in [7, 11) is 0. The Hall–Kier alpha value is -2.11. The number of halogens is 1. The van der Waals surface area contributed by atoms with Gasteiger partial charge in [-0.25, -0.2) is 9.78 Å². The second-order valence-electron chi connectivity index (χ2n) is 5.14. The molecule has 2 rings (SSSR count). The predicted molar refractivity (Wildman–Crippen MR) is 90.4 cm³/mol. The molecule has 122 valence electrons. The molecule has 0 aliphatic rings. The van der Waals surface area contributed by atoms with Crippen molar-refractivity contribution in [2.24, 2.45) is 0 Å². The number of carbonyl (C=O) groups excluding carboxylic acids is 1. The summed E-state index contributed by atoms with van der Waals surface area (Å²) < 4.78 is 0. The fourth-order valence-electron chi connectivity index (χ4n) is 2.10. The molecule has 1 atom stereocenters. The summed E-state index contributed by atoms with van der Waals surface area (Å²) in [6.45, 7) is 0.917. The predicted octanol–water partition coefficient (Wildman–Crippen LogP) is 2.70. The molecule has 0 fully saturated rings. The number of nitrogens with zero attached hydrogens (tertiary/aromatic N) is 1. The van der Waals surface area contributed by atoms with Crippen LogP contribution in [0.15, 0.2) is 48.7 Å². The molecule has 6 heteroatoms. The van der Waals surface area contributed by atoms with Crippen molar-refractivity contribution in [3.05, 3.63) is 64.9 Å². The Morgan fingerprint density at radius 1 is 1.13 bits per heavy atom. The SMILES string of the molecule is O=C(NCCc1ccc(Cl)nc1)NCCC(O)c1ccccc1. The number of aliphatic hydroxyl groups excluding tert-OH is 1. The lowest BCUT2D eigenvalue weighted by Gasteiger charge is -2.12. The van der Waals surface area contributed by atoms with Crippen molar-refractivity contribution < 1.29 is 9.90 Å². The number of urea groups is 1. The lowest BCUT2D eigenvalue weighted by molar-refractivity contribution is 0.167. The average Bonchev–Trinajstić information content (AvgIpc) is 2.57. The van der Waals surface area contributed by atoms with Crippen molar-refractivity contribution in [3.63, 3.8) is 0 Å². The summed E-state index contributed by atoms with van der Waals surface area (Å²) in [5, 5.41) is 15.9. The molecule has 3 N–H and O–H groups in total. The Kier molecular flexibility index (Phi) is 6.84. The van der Waals surface area contributed by atoms with Gasteiger partial charge in [0.2, 0.25) is 0 Å². The normalized spacial score (nSPS) is 11.7. The van der Waals surface area contributed by atoms with Crippen LogP contribution in [0.25, 0.3) is 0 Å². The number of hydrogen-bond acceptors (Lipinski definition) is 3. The minimum Gasteiger partial charge on any atom is -0.388 e. The number of amides is 2. The van der Waals surface area contributed by atoms with Crippen molar-refractivity contribution >= 4 is 17.6 Å². The van der Waals surface area contributed by atoms with E-state index < -0.39 is 6.10 Å². The summed E-state index contributed by atoms with van der Waals surface area (Å²) >= 11 is 5.71. The van der Waals surface area contributed by atoms with Gasteiger partial charge in [-0.15, -0.1) is 0 Å². The van der Waals surface area contributed by atoms with Crippen LogP contribution in [-0.2, 0) is 6.42 Å². The fraction of sp³-hybridized carbons (Fsp3) is 0.294. The number of hydrogen-bond donors (Lipinski definition) is 3. The molecule has 5 nitrogen and oxygen atoms in total. The standard InChI is InChI=1S/C17H20ClN3O2/c18-16-7-6-13(12-21-16)8-10-19-17(23)20-11-9-15(22)14-4-2-1-3-5-14/h1-7,12,15,22H,8-11H2,(H2,19,20,23). The molecular formula is C17H20ClN3O2. The van der Waals surface area contributed by atoms with E-state index in [1.165, 1.54) is 0 Å². The first-order chi connectivity index (χ1) is 11.1. The minimum absolute atomic E-state index is 0.243. The zero-order valence-electron chi connectivity index (χ0n) is 12.7. The molecule has 2 aromatic rings. The number of carbonyl (C=O) groups is 1. The molecule has 0 aliphatic carbocycles. The van der Waals surface area contributed by atoms with Crippen molar-refractivity contribution in [2.45, 2.75) is 18.9 Å². The third-order valence-corrected chi connectivity index (χ3v) is 3.60. The highest BCUT2D eigenvalue weighted by atomic mass is 35.5. The van der Waals surface area contributed by atoms with Crippen LogP contribution in [0, 0.1) is 0 Å². The van der Waals surface area contributed by atoms with E-state index in [4.69, 9.17) is 11.6 Å². The van der Waals surface area contributed by atoms with Gasteiger partial charge < -0.3 is 15.7 Å². The summed E-state index contributed by atoms with van der Waals surface area (Å²) in [5.41, 5.74) is 1.86. The van der Waals surface area contributed by atoms with Crippen molar-refractivity contribution in [3.8, 4) is 0 Å². The maximum absolute atomic E-state index is 11.7. The van der Waals surface area contributed by atoms with E-state index in [-0.39, 0.29) is 6.03 Å². The van der Waals surface area contributed by atoms with Crippen molar-refractivity contribution in [1.29, 1.82) is 0 Å². The molecule has 1 aromatic carbocycles. The van der Waals surface area contributed by atoms with E-state index in [9.17, 15) is 9.90 Å². The summed E-state index contributed by atoms with van der Waals surface area (Å²) in [6, 6.07) is 12.8. The van der Waals surface area contributed by atoms with E-state index in [0.29, 0.717) is 31.1 Å². The topological polar surface area (TPSA) is 74.2 Å². The van der Waals surface area contributed by atoms with E-state index in [1.54, 1.807) is 12.3 Å². The van der Waals surface area contributed by atoms with Gasteiger partial charge in [-0.1, -0.05) is 48.0 Å². The van der Waals surface area contributed by atoms with Gasteiger partial charge in [0.25, 0.3) is 0 Å². The van der Waals surface area contributed by atoms with E-state index in [1.807, 2.05) is 36.4 Å². The molecule has 1 unspecified atom stereocenters. The van der Waals surface area contributed by atoms with Crippen LogP contribution in [0.4, 0.5) is 4.79 Å². The second kappa shape index (κ2) is 9.12. The van der Waals surface area contributed by atoms with Crippen LogP contribution < -0.4 is 10.6 Å². The lowest BCUT2D eigenvalue weighted by atomic mass is 10.1. The number of benzene rings is 1. The lowest BCUT2D eigenvalue weighted by Crippen LogP contribution is -2.37. The molecular weight excluding hydrogens is 314 g/mol. The number of aliphatic hydroxyl groups is 1. The number of rotatable bonds is 7. The second-order valence-corrected chi connectivity index (χ2v) is 5.52. The molecule has 1 heterocycles. The highest BCUT2D eigenvalue weighted by Crippen LogP contribution is 2.14. The summed E-state index contributed by atoms with van der Waals surface area (Å²) in [4.78, 5) is 15.6. The van der Waals surface area contributed by atoms with Gasteiger partial charge in [0, 0.05) is 19.3 Å². The zero-order valence-corrected chi connectivity index (χ0v) is 13.5. The van der Waals surface area contributed by atoms with Crippen LogP contribution in [0.5, 0.6) is 0 Å². The number of pyridine rings is 1. The monoisotopic (exact) mass is 333 g/mol. The molecule has 0 spiro atoms. The third-order valence-electron chi connectivity index (χ3n) is 3.38. The Bertz CT molecular complexity index is 605. The summed E-state index contributed by atoms with van der Waals surface area (Å²) in [6.07, 6.45) is 2.28. The first kappa shape index (κ1) is 17.2. The van der Waals surface area contributed by atoms with Gasteiger partial charge in [0.1, 0.15) is 5.15 Å². The van der Waals surface area contributed by atoms with Crippen LogP contribution in [0.1, 0.15) is 23.7 Å². The maximum atomic E-state index is 11.7. The highest BCUT2D eigenvalue weighted by Gasteiger charge is 2.07. The van der Waals surface area contributed by atoms with E-state index in [0.717, 1.165) is 11.1 Å². The number of nitrogens with one attached hydrogen (secondary N) is 2. The van der Waals surface area contributed by atoms with Gasteiger partial charge in [-0.3, -0.25) is 0 Å². The Morgan fingerprint density at radius 2 is 1.87 bits per heavy atom. The van der Waals surface area contributed by atoms with Crippen LogP contribution >= 0.6 is 11.6 Å². The molecule has 0 bridgehead atoms. The maximum Gasteiger partial charge on any atom is 0.314 e. The van der Waals surface area contributed by atoms with Crippen LogP contribution in [0.3, 0.4) is 0 Å². The molecule has 0 saturated carbocycles. The first-order valence-corrected chi connectivity index (χ1v) is 7.88. The van der Waals surface area contributed by atoms with Crippen molar-refractivity contribution in [1.82, 2.24) is 15.6 Å². The number of aromatic nitrogens is 1. The quantitative estimate of drug-likeness (QED) is 0.682. The summed E-state index contributed by atoms with van der Waals surface area (Å²) in [5.74, 6) is 0. The van der Waals surface area contributed by atoms with Gasteiger partial charge in [-0.2, -0.15) is 0 Å². The average molecular weight is 334 g/mol. The zero-order chi connectivity index (χ0) is 16.5. The molecule has 2 amide bonds. The Labute approximate surface area is 140 Å². The smallest absolute Gasteiger partial charge is 0.314 e. The van der Waals surface area contributed by atoms with Crippen LogP contribution in [0.2, 0.25) is 5.15 Å². The van der Waals surface area contributed by atoms with Gasteiger partial charge in [0.05, 0.1) is 6.10 Å². The largest absolute Gasteiger partial charge is 0.388 e. The fourth-order valence-corrected chi connectivity index (χ4v) is 2.21. The third kappa shape index (κ3) is 6.26. The Balaban J connectivity index is 1.61. The molecule has 0 aliphatic heterocycles. The van der Waals surface area contributed by atoms with Gasteiger partial charge >= 0.3 is 6.03 Å². The molecule has 0 saturated heterocycles. The molecule has 1 aromatic heterocycles. The minimum atomic E-state index is -0.573. The Morgan fingerprint density at radius 3 is 2.57 bits per heavy atom. The van der Waals surface area contributed by atoms with E-state index >= 15 is 0 Å². The highest BCUT2D eigenvalue weighted by molar-refractivity contribution is 6.29. The van der Waals surface area contributed by atoms with E-state index in [2.05, 4.69) is 15.6 Å². The molecule has 0 radical (unpaired) electrons. The van der Waals surface area contributed by atoms with Gasteiger partial charge in [0.15, 0.2) is 0 Å². The molecule has 23 heavy (non-hydrogen) atoms. The van der Waals surface area contributed by atoms with Crippen molar-refractivity contribution in [2.75, 3.05) is 13.1 Å². The van der Waals surface area contributed by atoms with Gasteiger partial charge in [-0.05, 0) is 30.0 Å². The van der Waals surface area contributed by atoms with Crippen LogP contribution in [-0.4, -0.2) is 29.2 Å². The first-order valence-electron chi connectivity index (χ1n) is 7.50.